The molecular weight excluding hydrogens is 278 g/mol. The third-order valence-electron chi connectivity index (χ3n) is 3.06. The first-order valence-corrected chi connectivity index (χ1v) is 7.03. The van der Waals surface area contributed by atoms with Crippen molar-refractivity contribution in [2.45, 2.75) is 13.8 Å². The number of nitrogens with one attached hydrogen (secondary N) is 1. The number of hydrogen-bond donors (Lipinski definition) is 2. The second kappa shape index (κ2) is 7.26. The number of ether oxygens (including phenoxy) is 1. The number of rotatable bonds is 5. The number of carbonyl (C=O) groups is 1. The van der Waals surface area contributed by atoms with Gasteiger partial charge in [-0.2, -0.15) is 5.10 Å². The number of hydrogen-bond acceptors (Lipinski definition) is 4. The van der Waals surface area contributed by atoms with E-state index in [9.17, 15) is 4.79 Å². The summed E-state index contributed by atoms with van der Waals surface area (Å²) in [5.41, 5.74) is 11.0. The van der Waals surface area contributed by atoms with E-state index >= 15 is 0 Å². The molecule has 0 aliphatic carbocycles. The minimum absolute atomic E-state index is 0.272. The van der Waals surface area contributed by atoms with Crippen LogP contribution in [0.2, 0.25) is 0 Å². The van der Waals surface area contributed by atoms with Crippen LogP contribution < -0.4 is 15.9 Å². The van der Waals surface area contributed by atoms with E-state index in [2.05, 4.69) is 10.5 Å². The molecule has 2 rings (SSSR count). The summed E-state index contributed by atoms with van der Waals surface area (Å²) in [6.07, 6.45) is 0. The van der Waals surface area contributed by atoms with Gasteiger partial charge in [-0.05, 0) is 55.8 Å². The number of anilines is 1. The summed E-state index contributed by atoms with van der Waals surface area (Å²) in [6, 6.07) is 14.3. The van der Waals surface area contributed by atoms with Crippen LogP contribution in [0.15, 0.2) is 53.6 Å². The Labute approximate surface area is 129 Å². The topological polar surface area (TPSA) is 76.7 Å². The van der Waals surface area contributed by atoms with Gasteiger partial charge in [0.2, 0.25) is 0 Å². The maximum absolute atomic E-state index is 12.0. The van der Waals surface area contributed by atoms with E-state index in [1.807, 2.05) is 32.0 Å². The highest BCUT2D eigenvalue weighted by Gasteiger charge is 2.05. The number of nitrogen functional groups attached to an aromatic ring is 1. The third-order valence-corrected chi connectivity index (χ3v) is 3.06. The molecule has 0 radical (unpaired) electrons. The lowest BCUT2D eigenvalue weighted by atomic mass is 10.1. The standard InChI is InChI=1S/C17H19N3O2/c1-3-22-16-9-7-13(8-10-16)17(21)20-19-12(2)14-5-4-6-15(18)11-14/h4-11H,3,18H2,1-2H3,(H,20,21)/b19-12+. The first-order valence-electron chi connectivity index (χ1n) is 7.03. The Kier molecular flexibility index (Phi) is 5.14. The highest BCUT2D eigenvalue weighted by molar-refractivity contribution is 6.01. The summed E-state index contributed by atoms with van der Waals surface area (Å²) in [5, 5.41) is 4.10. The van der Waals surface area contributed by atoms with Crippen LogP contribution in [0, 0.1) is 0 Å². The minimum Gasteiger partial charge on any atom is -0.494 e. The molecule has 0 atom stereocenters. The van der Waals surface area contributed by atoms with Crippen LogP contribution in [0.5, 0.6) is 5.75 Å². The van der Waals surface area contributed by atoms with E-state index in [0.29, 0.717) is 23.6 Å². The fourth-order valence-electron chi connectivity index (χ4n) is 1.90. The molecule has 0 aliphatic rings. The van der Waals surface area contributed by atoms with Crippen LogP contribution in [0.4, 0.5) is 5.69 Å². The van der Waals surface area contributed by atoms with E-state index in [4.69, 9.17) is 10.5 Å². The molecular formula is C17H19N3O2. The lowest BCUT2D eigenvalue weighted by molar-refractivity contribution is 0.0955. The smallest absolute Gasteiger partial charge is 0.271 e. The molecule has 3 N–H and O–H groups in total. The number of hydrazone groups is 1. The lowest BCUT2D eigenvalue weighted by Gasteiger charge is -2.05. The summed E-state index contributed by atoms with van der Waals surface area (Å²) in [6.45, 7) is 4.32. The van der Waals surface area contributed by atoms with Crippen molar-refractivity contribution in [2.75, 3.05) is 12.3 Å². The van der Waals surface area contributed by atoms with Gasteiger partial charge in [0.15, 0.2) is 0 Å². The van der Waals surface area contributed by atoms with E-state index < -0.39 is 0 Å². The van der Waals surface area contributed by atoms with E-state index in [0.717, 1.165) is 11.3 Å². The first kappa shape index (κ1) is 15.6. The monoisotopic (exact) mass is 297 g/mol. The molecule has 0 fully saturated rings. The third kappa shape index (κ3) is 4.09. The van der Waals surface area contributed by atoms with Gasteiger partial charge in [-0.1, -0.05) is 12.1 Å². The summed E-state index contributed by atoms with van der Waals surface area (Å²) < 4.78 is 5.34. The Balaban J connectivity index is 2.03. The highest BCUT2D eigenvalue weighted by Crippen LogP contribution is 2.12. The predicted molar refractivity (Wildman–Crippen MR) is 88.1 cm³/mol. The van der Waals surface area contributed by atoms with E-state index in [-0.39, 0.29) is 5.91 Å². The maximum atomic E-state index is 12.0. The van der Waals surface area contributed by atoms with Gasteiger partial charge in [-0.25, -0.2) is 5.43 Å². The predicted octanol–water partition coefficient (Wildman–Crippen LogP) is 2.82. The molecule has 22 heavy (non-hydrogen) atoms. The Morgan fingerprint density at radius 2 is 1.91 bits per heavy atom. The first-order chi connectivity index (χ1) is 10.6. The van der Waals surface area contributed by atoms with Crippen molar-refractivity contribution in [2.24, 2.45) is 5.10 Å². The quantitative estimate of drug-likeness (QED) is 0.506. The molecule has 5 heteroatoms. The van der Waals surface area contributed by atoms with Gasteiger partial charge in [0.25, 0.3) is 5.91 Å². The van der Waals surface area contributed by atoms with Gasteiger partial charge < -0.3 is 10.5 Å². The van der Waals surface area contributed by atoms with Crippen LogP contribution >= 0.6 is 0 Å². The molecule has 5 nitrogen and oxygen atoms in total. The van der Waals surface area contributed by atoms with Gasteiger partial charge in [-0.15, -0.1) is 0 Å². The molecule has 0 saturated heterocycles. The summed E-state index contributed by atoms with van der Waals surface area (Å²) in [7, 11) is 0. The van der Waals surface area contributed by atoms with Gasteiger partial charge in [0, 0.05) is 11.3 Å². The Morgan fingerprint density at radius 1 is 1.18 bits per heavy atom. The number of nitrogens with zero attached hydrogens (tertiary/aromatic N) is 1. The van der Waals surface area contributed by atoms with Gasteiger partial charge in [0.1, 0.15) is 5.75 Å². The maximum Gasteiger partial charge on any atom is 0.271 e. The zero-order valence-corrected chi connectivity index (χ0v) is 12.7. The molecule has 0 aliphatic heterocycles. The second-order valence-electron chi connectivity index (χ2n) is 4.72. The van der Waals surface area contributed by atoms with Crippen molar-refractivity contribution in [1.82, 2.24) is 5.43 Å². The Bertz CT molecular complexity index is 679. The normalized spacial score (nSPS) is 11.1. The van der Waals surface area contributed by atoms with Gasteiger partial charge in [0.05, 0.1) is 12.3 Å². The van der Waals surface area contributed by atoms with Gasteiger partial charge >= 0.3 is 0 Å². The molecule has 0 aromatic heterocycles. The Hall–Kier alpha value is -2.82. The summed E-state index contributed by atoms with van der Waals surface area (Å²) in [4.78, 5) is 12.0. The van der Waals surface area contributed by atoms with Crippen LogP contribution in [0.1, 0.15) is 29.8 Å². The second-order valence-corrected chi connectivity index (χ2v) is 4.72. The van der Waals surface area contributed by atoms with Crippen LogP contribution in [0.25, 0.3) is 0 Å². The summed E-state index contributed by atoms with van der Waals surface area (Å²) >= 11 is 0. The SMILES string of the molecule is CCOc1ccc(C(=O)N/N=C(\C)c2cccc(N)c2)cc1. The number of amides is 1. The molecule has 0 spiro atoms. The molecule has 114 valence electrons. The van der Waals surface area contributed by atoms with Crippen LogP contribution in [-0.2, 0) is 0 Å². The lowest BCUT2D eigenvalue weighted by Crippen LogP contribution is -2.19. The molecule has 0 saturated carbocycles. The van der Waals surface area contributed by atoms with Crippen molar-refractivity contribution in [3.8, 4) is 5.75 Å². The van der Waals surface area contributed by atoms with Crippen LogP contribution in [0.3, 0.4) is 0 Å². The van der Waals surface area contributed by atoms with Crippen LogP contribution in [-0.4, -0.2) is 18.2 Å². The van der Waals surface area contributed by atoms with Crippen molar-refractivity contribution < 1.29 is 9.53 Å². The highest BCUT2D eigenvalue weighted by atomic mass is 16.5. The fourth-order valence-corrected chi connectivity index (χ4v) is 1.90. The molecule has 1 amide bonds. The largest absolute Gasteiger partial charge is 0.494 e. The minimum atomic E-state index is -0.272. The fraction of sp³-hybridized carbons (Fsp3) is 0.176. The number of carbonyl (C=O) groups excluding carboxylic acids is 1. The zero-order chi connectivity index (χ0) is 15.9. The summed E-state index contributed by atoms with van der Waals surface area (Å²) in [5.74, 6) is 0.463. The van der Waals surface area contributed by atoms with E-state index in [1.54, 1.807) is 30.3 Å². The molecule has 2 aromatic rings. The average Bonchev–Trinajstić information content (AvgIpc) is 2.53. The average molecular weight is 297 g/mol. The number of nitrogens with two attached hydrogens (primary N) is 1. The van der Waals surface area contributed by atoms with Gasteiger partial charge in [-0.3, -0.25) is 4.79 Å². The Morgan fingerprint density at radius 3 is 2.55 bits per heavy atom. The zero-order valence-electron chi connectivity index (χ0n) is 12.7. The molecule has 0 bridgehead atoms. The molecule has 2 aromatic carbocycles. The van der Waals surface area contributed by atoms with Crippen molar-refractivity contribution in [3.63, 3.8) is 0 Å². The van der Waals surface area contributed by atoms with Crippen molar-refractivity contribution >= 4 is 17.3 Å². The molecule has 0 unspecified atom stereocenters. The van der Waals surface area contributed by atoms with Crippen molar-refractivity contribution in [1.29, 1.82) is 0 Å². The number of benzene rings is 2. The molecule has 0 heterocycles. The van der Waals surface area contributed by atoms with E-state index in [1.165, 1.54) is 0 Å². The van der Waals surface area contributed by atoms with Crippen molar-refractivity contribution in [3.05, 3.63) is 59.7 Å².